The molecule has 1 aromatic heterocycles. The quantitative estimate of drug-likeness (QED) is 0.360. The molecule has 188 valence electrons. The van der Waals surface area contributed by atoms with Crippen LogP contribution in [0.1, 0.15) is 66.9 Å². The van der Waals surface area contributed by atoms with Crippen LogP contribution in [0.5, 0.6) is 11.5 Å². The van der Waals surface area contributed by atoms with Crippen molar-refractivity contribution in [3.8, 4) is 11.5 Å². The van der Waals surface area contributed by atoms with Gasteiger partial charge in [-0.05, 0) is 63.9 Å². The van der Waals surface area contributed by atoms with Gasteiger partial charge in [-0.3, -0.25) is 9.59 Å². The highest BCUT2D eigenvalue weighted by Crippen LogP contribution is 2.26. The number of aromatic nitrogens is 1. The van der Waals surface area contributed by atoms with Gasteiger partial charge in [0.2, 0.25) is 11.8 Å². The topological polar surface area (TPSA) is 115 Å². The van der Waals surface area contributed by atoms with Gasteiger partial charge in [-0.15, -0.1) is 0 Å². The maximum atomic E-state index is 12.9. The number of unbranched alkanes of at least 4 members (excludes halogenated alkanes) is 1. The van der Waals surface area contributed by atoms with Crippen molar-refractivity contribution >= 4 is 11.8 Å². The second-order valence-electron chi connectivity index (χ2n) is 8.63. The van der Waals surface area contributed by atoms with Crippen LogP contribution in [0.4, 0.5) is 0 Å². The van der Waals surface area contributed by atoms with Crippen LogP contribution in [0.2, 0.25) is 0 Å². The van der Waals surface area contributed by atoms with Gasteiger partial charge in [0, 0.05) is 12.1 Å². The fraction of sp³-hybridized carbons (Fsp3) is 0.560. The molecule has 0 aliphatic heterocycles. The number of hydrogen-bond acceptors (Lipinski definition) is 7. The third-order valence-electron chi connectivity index (χ3n) is 5.35. The zero-order valence-corrected chi connectivity index (χ0v) is 21.1. The highest BCUT2D eigenvalue weighted by atomic mass is 16.5. The second-order valence-corrected chi connectivity index (χ2v) is 8.63. The number of rotatable bonds is 14. The molecular weight excluding hydrogens is 436 g/mol. The number of oxazole rings is 1. The minimum Gasteiger partial charge on any atom is -0.497 e. The molecule has 3 N–H and O–H groups in total. The van der Waals surface area contributed by atoms with Gasteiger partial charge < -0.3 is 29.8 Å². The summed E-state index contributed by atoms with van der Waals surface area (Å²) in [6, 6.07) is 4.88. The molecular formula is C25H38N4O5. The van der Waals surface area contributed by atoms with Gasteiger partial charge >= 0.3 is 0 Å². The number of nitrogens with one attached hydrogen (secondary N) is 3. The highest BCUT2D eigenvalue weighted by molar-refractivity contribution is 5.93. The van der Waals surface area contributed by atoms with E-state index in [-0.39, 0.29) is 29.8 Å². The molecule has 1 aromatic carbocycles. The number of ether oxygens (including phenoxy) is 2. The summed E-state index contributed by atoms with van der Waals surface area (Å²) in [5.74, 6) is 1.81. The summed E-state index contributed by atoms with van der Waals surface area (Å²) in [5, 5.41) is 8.99. The summed E-state index contributed by atoms with van der Waals surface area (Å²) in [7, 11) is 5.04. The number of carbonyl (C=O) groups excluding carboxylic acids is 2. The minimum atomic E-state index is -0.458. The van der Waals surface area contributed by atoms with Gasteiger partial charge in [0.15, 0.2) is 5.69 Å². The first-order chi connectivity index (χ1) is 16.3. The Labute approximate surface area is 202 Å². The standard InChI is InChI=1S/C25H38N4O5/c1-16(2)13-20(28-22(30)15-18-14-19(32-5)9-10-21(18)33-6)25-29-23(17(3)34-25)24(31)27-12-8-7-11-26-4/h9-10,14,16,20,26H,7-8,11-13,15H2,1-6H3,(H,27,31)(H,28,30)/t20-/m0/s1. The molecule has 9 heteroatoms. The van der Waals surface area contributed by atoms with E-state index in [2.05, 4.69) is 34.8 Å². The zero-order valence-electron chi connectivity index (χ0n) is 21.1. The van der Waals surface area contributed by atoms with E-state index >= 15 is 0 Å². The van der Waals surface area contributed by atoms with E-state index in [4.69, 9.17) is 13.9 Å². The summed E-state index contributed by atoms with van der Waals surface area (Å²) in [6.45, 7) is 7.29. The Hall–Kier alpha value is -3.07. The smallest absolute Gasteiger partial charge is 0.273 e. The van der Waals surface area contributed by atoms with Crippen molar-refractivity contribution in [1.82, 2.24) is 20.9 Å². The summed E-state index contributed by atoms with van der Waals surface area (Å²) in [6.07, 6.45) is 2.57. The average molecular weight is 475 g/mol. The average Bonchev–Trinajstić information content (AvgIpc) is 3.19. The normalized spacial score (nSPS) is 11.9. The van der Waals surface area contributed by atoms with Crippen LogP contribution >= 0.6 is 0 Å². The molecule has 0 aliphatic carbocycles. The molecule has 2 rings (SSSR count). The monoisotopic (exact) mass is 474 g/mol. The van der Waals surface area contributed by atoms with E-state index in [0.29, 0.717) is 41.7 Å². The molecule has 0 saturated carbocycles. The number of aryl methyl sites for hydroxylation is 1. The lowest BCUT2D eigenvalue weighted by Gasteiger charge is -2.18. The van der Waals surface area contributed by atoms with Gasteiger partial charge in [-0.1, -0.05) is 13.8 Å². The first kappa shape index (κ1) is 27.2. The van der Waals surface area contributed by atoms with Crippen LogP contribution in [0, 0.1) is 12.8 Å². The van der Waals surface area contributed by atoms with E-state index in [1.54, 1.807) is 39.3 Å². The van der Waals surface area contributed by atoms with E-state index < -0.39 is 6.04 Å². The van der Waals surface area contributed by atoms with Crippen molar-refractivity contribution in [2.75, 3.05) is 34.4 Å². The lowest BCUT2D eigenvalue weighted by molar-refractivity contribution is -0.121. The first-order valence-corrected chi connectivity index (χ1v) is 11.7. The predicted octanol–water partition coefficient (Wildman–Crippen LogP) is 3.18. The van der Waals surface area contributed by atoms with Crippen LogP contribution in [0.3, 0.4) is 0 Å². The maximum Gasteiger partial charge on any atom is 0.273 e. The largest absolute Gasteiger partial charge is 0.497 e. The van der Waals surface area contributed by atoms with Crippen LogP contribution in [0.15, 0.2) is 22.6 Å². The minimum absolute atomic E-state index is 0.106. The van der Waals surface area contributed by atoms with Crippen molar-refractivity contribution in [1.29, 1.82) is 0 Å². The van der Waals surface area contributed by atoms with E-state index in [0.717, 1.165) is 19.4 Å². The third kappa shape index (κ3) is 8.06. The third-order valence-corrected chi connectivity index (χ3v) is 5.35. The molecule has 0 saturated heterocycles. The lowest BCUT2D eigenvalue weighted by atomic mass is 10.0. The SMILES string of the molecule is CNCCCCNC(=O)c1nc([C@H](CC(C)C)NC(=O)Cc2cc(OC)ccc2OC)oc1C. The van der Waals surface area contributed by atoms with Crippen LogP contribution in [-0.4, -0.2) is 51.2 Å². The van der Waals surface area contributed by atoms with Crippen molar-refractivity contribution in [3.63, 3.8) is 0 Å². The van der Waals surface area contributed by atoms with Gasteiger partial charge in [-0.25, -0.2) is 4.98 Å². The van der Waals surface area contributed by atoms with Crippen molar-refractivity contribution in [2.45, 2.75) is 52.5 Å². The summed E-state index contributed by atoms with van der Waals surface area (Å²) >= 11 is 0. The molecule has 9 nitrogen and oxygen atoms in total. The fourth-order valence-corrected chi connectivity index (χ4v) is 3.62. The molecule has 0 aliphatic rings. The van der Waals surface area contributed by atoms with E-state index in [1.807, 2.05) is 7.05 Å². The number of methoxy groups -OCH3 is 2. The van der Waals surface area contributed by atoms with E-state index in [9.17, 15) is 9.59 Å². The van der Waals surface area contributed by atoms with Crippen LogP contribution in [-0.2, 0) is 11.2 Å². The highest BCUT2D eigenvalue weighted by Gasteiger charge is 2.25. The predicted molar refractivity (Wildman–Crippen MR) is 130 cm³/mol. The Kier molecular flexibility index (Phi) is 10.9. The molecule has 0 radical (unpaired) electrons. The number of nitrogens with zero attached hydrogens (tertiary/aromatic N) is 1. The summed E-state index contributed by atoms with van der Waals surface area (Å²) in [5.41, 5.74) is 0.964. The molecule has 1 heterocycles. The molecule has 2 aromatic rings. The van der Waals surface area contributed by atoms with Crippen LogP contribution in [0.25, 0.3) is 0 Å². The van der Waals surface area contributed by atoms with Crippen molar-refractivity contribution in [3.05, 3.63) is 41.1 Å². The zero-order chi connectivity index (χ0) is 25.1. The molecule has 2 amide bonds. The molecule has 0 unspecified atom stereocenters. The Morgan fingerprint density at radius 3 is 2.50 bits per heavy atom. The molecule has 34 heavy (non-hydrogen) atoms. The maximum absolute atomic E-state index is 12.9. The fourth-order valence-electron chi connectivity index (χ4n) is 3.62. The second kappa shape index (κ2) is 13.6. The molecule has 0 spiro atoms. The van der Waals surface area contributed by atoms with Crippen molar-refractivity contribution in [2.24, 2.45) is 5.92 Å². The Balaban J connectivity index is 2.12. The van der Waals surface area contributed by atoms with Gasteiger partial charge in [0.1, 0.15) is 23.3 Å². The number of carbonyl (C=O) groups is 2. The van der Waals surface area contributed by atoms with Gasteiger partial charge in [0.05, 0.1) is 20.6 Å². The van der Waals surface area contributed by atoms with E-state index in [1.165, 1.54) is 0 Å². The summed E-state index contributed by atoms with van der Waals surface area (Å²) < 4.78 is 16.5. The Bertz CT molecular complexity index is 941. The van der Waals surface area contributed by atoms with Gasteiger partial charge in [-0.2, -0.15) is 0 Å². The van der Waals surface area contributed by atoms with Crippen LogP contribution < -0.4 is 25.4 Å². The number of hydrogen-bond donors (Lipinski definition) is 3. The molecule has 1 atom stereocenters. The lowest BCUT2D eigenvalue weighted by Crippen LogP contribution is -2.31. The Morgan fingerprint density at radius 2 is 1.85 bits per heavy atom. The van der Waals surface area contributed by atoms with Gasteiger partial charge in [0.25, 0.3) is 5.91 Å². The number of amides is 2. The summed E-state index contributed by atoms with van der Waals surface area (Å²) in [4.78, 5) is 30.0. The molecule has 0 bridgehead atoms. The van der Waals surface area contributed by atoms with Crippen molar-refractivity contribution < 1.29 is 23.5 Å². The number of benzene rings is 1. The Morgan fingerprint density at radius 1 is 1.12 bits per heavy atom. The molecule has 0 fully saturated rings. The first-order valence-electron chi connectivity index (χ1n) is 11.7.